The van der Waals surface area contributed by atoms with Gasteiger partial charge in [0, 0.05) is 12.1 Å². The number of benzene rings is 1. The number of hydrogen-bond acceptors (Lipinski definition) is 5. The van der Waals surface area contributed by atoms with Crippen LogP contribution in [0.15, 0.2) is 41.4 Å². The Morgan fingerprint density at radius 1 is 1.26 bits per heavy atom. The lowest BCUT2D eigenvalue weighted by molar-refractivity contribution is -0.121. The van der Waals surface area contributed by atoms with Crippen molar-refractivity contribution in [2.24, 2.45) is 0 Å². The molecule has 5 nitrogen and oxygen atoms in total. The normalized spacial score (nSPS) is 16.6. The summed E-state index contributed by atoms with van der Waals surface area (Å²) in [5.41, 5.74) is 1.60. The summed E-state index contributed by atoms with van der Waals surface area (Å²) in [6, 6.07) is 10.9. The fraction of sp³-hybridized carbons (Fsp3) is 0.300. The molecule has 1 fully saturated rings. The quantitative estimate of drug-likeness (QED) is 0.708. The summed E-state index contributed by atoms with van der Waals surface area (Å²) in [6.07, 6.45) is 2.84. The van der Waals surface area contributed by atoms with Crippen molar-refractivity contribution < 1.29 is 14.0 Å². The summed E-state index contributed by atoms with van der Waals surface area (Å²) in [4.78, 5) is 30.7. The molecule has 7 heteroatoms. The van der Waals surface area contributed by atoms with Crippen molar-refractivity contribution >= 4 is 29.3 Å². The number of aromatic nitrogens is 1. The van der Waals surface area contributed by atoms with Crippen molar-refractivity contribution in [3.05, 3.63) is 53.5 Å². The van der Waals surface area contributed by atoms with E-state index in [9.17, 15) is 19.2 Å². The van der Waals surface area contributed by atoms with E-state index in [4.69, 9.17) is 0 Å². The Hall–Kier alpha value is -2.72. The van der Waals surface area contributed by atoms with Gasteiger partial charge in [0.2, 0.25) is 11.8 Å². The lowest BCUT2D eigenvalue weighted by atomic mass is 10.2. The first-order valence-corrected chi connectivity index (χ1v) is 9.60. The van der Waals surface area contributed by atoms with Crippen LogP contribution in [0.4, 0.5) is 10.1 Å². The zero-order chi connectivity index (χ0) is 19.4. The average molecular weight is 383 g/mol. The standard InChI is InChI=1S/C20H18FN3O2S/c1-2-3-4-15-8-5-13(12-22)19(23-15)27-17-11-18(25)24(20(17)26)16-9-6-14(21)7-10-16/h5-10,17H,2-4,11H2,1H3. The lowest BCUT2D eigenvalue weighted by Gasteiger charge is -2.15. The molecule has 3 rings (SSSR count). The van der Waals surface area contributed by atoms with E-state index in [0.717, 1.165) is 41.6 Å². The highest BCUT2D eigenvalue weighted by Crippen LogP contribution is 2.34. The SMILES string of the molecule is CCCCc1ccc(C#N)c(SC2CC(=O)N(c3ccc(F)cc3)C2=O)n1. The number of pyridine rings is 1. The Morgan fingerprint density at radius 2 is 2.00 bits per heavy atom. The fourth-order valence-electron chi connectivity index (χ4n) is 2.84. The minimum absolute atomic E-state index is 0.0204. The summed E-state index contributed by atoms with van der Waals surface area (Å²) >= 11 is 1.14. The molecule has 2 aromatic rings. The molecule has 1 aromatic heterocycles. The largest absolute Gasteiger partial charge is 0.274 e. The Labute approximate surface area is 161 Å². The molecular formula is C20H18FN3O2S. The third kappa shape index (κ3) is 4.17. The second-order valence-corrected chi connectivity index (χ2v) is 7.42. The molecule has 0 aliphatic carbocycles. The van der Waals surface area contributed by atoms with Crippen LogP contribution in [0.3, 0.4) is 0 Å². The third-order valence-corrected chi connectivity index (χ3v) is 5.46. The molecule has 0 radical (unpaired) electrons. The highest BCUT2D eigenvalue weighted by atomic mass is 32.2. The number of imide groups is 1. The van der Waals surface area contributed by atoms with Gasteiger partial charge in [0.05, 0.1) is 16.5 Å². The molecule has 1 aliphatic heterocycles. The third-order valence-electron chi connectivity index (χ3n) is 4.27. The molecule has 0 N–H and O–H groups in total. The van der Waals surface area contributed by atoms with E-state index in [1.54, 1.807) is 6.07 Å². The highest BCUT2D eigenvalue weighted by Gasteiger charge is 2.40. The zero-order valence-corrected chi connectivity index (χ0v) is 15.6. The average Bonchev–Trinajstić information content (AvgIpc) is 2.94. The maximum Gasteiger partial charge on any atom is 0.247 e. The number of nitrogens with zero attached hydrogens (tertiary/aromatic N) is 3. The van der Waals surface area contributed by atoms with E-state index >= 15 is 0 Å². The topological polar surface area (TPSA) is 74.1 Å². The minimum Gasteiger partial charge on any atom is -0.274 e. The number of hydrogen-bond donors (Lipinski definition) is 0. The number of aryl methyl sites for hydroxylation is 1. The number of nitriles is 1. The molecule has 1 saturated heterocycles. The molecule has 1 aromatic carbocycles. The predicted molar refractivity (Wildman–Crippen MR) is 101 cm³/mol. The van der Waals surface area contributed by atoms with E-state index in [0.29, 0.717) is 16.3 Å². The number of halogens is 1. The second-order valence-electron chi connectivity index (χ2n) is 6.23. The first-order chi connectivity index (χ1) is 13.0. The van der Waals surface area contributed by atoms with E-state index in [-0.39, 0.29) is 18.2 Å². The summed E-state index contributed by atoms with van der Waals surface area (Å²) in [7, 11) is 0. The molecule has 2 amide bonds. The van der Waals surface area contributed by atoms with Gasteiger partial charge in [-0.3, -0.25) is 9.59 Å². The van der Waals surface area contributed by atoms with Crippen molar-refractivity contribution in [1.29, 1.82) is 5.26 Å². The van der Waals surface area contributed by atoms with Crippen LogP contribution in [-0.4, -0.2) is 22.0 Å². The van der Waals surface area contributed by atoms with E-state index in [1.807, 2.05) is 6.07 Å². The lowest BCUT2D eigenvalue weighted by Crippen LogP contribution is -2.31. The van der Waals surface area contributed by atoms with Crippen LogP contribution >= 0.6 is 11.8 Å². The maximum atomic E-state index is 13.1. The molecule has 27 heavy (non-hydrogen) atoms. The van der Waals surface area contributed by atoms with Gasteiger partial charge in [0.25, 0.3) is 0 Å². The molecule has 2 heterocycles. The molecule has 0 saturated carbocycles. The van der Waals surface area contributed by atoms with E-state index in [1.165, 1.54) is 24.3 Å². The highest BCUT2D eigenvalue weighted by molar-refractivity contribution is 8.00. The van der Waals surface area contributed by atoms with E-state index in [2.05, 4.69) is 18.0 Å². The Kier molecular flexibility index (Phi) is 5.87. The van der Waals surface area contributed by atoms with Crippen molar-refractivity contribution in [2.75, 3.05) is 4.90 Å². The van der Waals surface area contributed by atoms with Gasteiger partial charge in [-0.15, -0.1) is 0 Å². The summed E-state index contributed by atoms with van der Waals surface area (Å²) in [5, 5.41) is 9.15. The number of carbonyl (C=O) groups excluding carboxylic acids is 2. The second kappa shape index (κ2) is 8.31. The molecule has 1 atom stereocenters. The van der Waals surface area contributed by atoms with Crippen molar-refractivity contribution in [3.63, 3.8) is 0 Å². The summed E-state index contributed by atoms with van der Waals surface area (Å²) in [6.45, 7) is 2.09. The number of thioether (sulfide) groups is 1. The number of unbranched alkanes of at least 4 members (excludes halogenated alkanes) is 1. The zero-order valence-electron chi connectivity index (χ0n) is 14.8. The first kappa shape index (κ1) is 19.1. The molecule has 1 aliphatic rings. The minimum atomic E-state index is -0.649. The van der Waals surface area contributed by atoms with Crippen LogP contribution in [0.5, 0.6) is 0 Å². The fourth-order valence-corrected chi connectivity index (χ4v) is 3.96. The molecule has 0 spiro atoms. The van der Waals surface area contributed by atoms with Crippen molar-refractivity contribution in [1.82, 2.24) is 4.98 Å². The van der Waals surface area contributed by atoms with Crippen LogP contribution in [-0.2, 0) is 16.0 Å². The number of anilines is 1. The summed E-state index contributed by atoms with van der Waals surface area (Å²) < 4.78 is 13.1. The van der Waals surface area contributed by atoms with Crippen LogP contribution < -0.4 is 4.90 Å². The maximum absolute atomic E-state index is 13.1. The molecular weight excluding hydrogens is 365 g/mol. The van der Waals surface area contributed by atoms with Gasteiger partial charge in [-0.05, 0) is 49.2 Å². The Morgan fingerprint density at radius 3 is 2.67 bits per heavy atom. The van der Waals surface area contributed by atoms with Gasteiger partial charge < -0.3 is 0 Å². The number of amides is 2. The van der Waals surface area contributed by atoms with Gasteiger partial charge in [-0.25, -0.2) is 14.3 Å². The van der Waals surface area contributed by atoms with Gasteiger partial charge in [0.15, 0.2) is 0 Å². The molecule has 0 bridgehead atoms. The van der Waals surface area contributed by atoms with E-state index < -0.39 is 11.1 Å². The Bertz CT molecular complexity index is 908. The van der Waals surface area contributed by atoms with Crippen LogP contribution in [0.25, 0.3) is 0 Å². The van der Waals surface area contributed by atoms with Crippen LogP contribution in [0, 0.1) is 17.1 Å². The van der Waals surface area contributed by atoms with Gasteiger partial charge in [-0.2, -0.15) is 5.26 Å². The molecule has 1 unspecified atom stereocenters. The van der Waals surface area contributed by atoms with Gasteiger partial charge in [-0.1, -0.05) is 25.1 Å². The van der Waals surface area contributed by atoms with Crippen LogP contribution in [0.1, 0.15) is 37.4 Å². The first-order valence-electron chi connectivity index (χ1n) is 8.72. The van der Waals surface area contributed by atoms with Gasteiger partial charge >= 0.3 is 0 Å². The number of rotatable bonds is 6. The Balaban J connectivity index is 1.82. The van der Waals surface area contributed by atoms with Crippen molar-refractivity contribution in [3.8, 4) is 6.07 Å². The smallest absolute Gasteiger partial charge is 0.247 e. The molecule has 138 valence electrons. The van der Waals surface area contributed by atoms with Crippen molar-refractivity contribution in [2.45, 2.75) is 42.9 Å². The monoisotopic (exact) mass is 383 g/mol. The predicted octanol–water partition coefficient (Wildman–Crippen LogP) is 3.86. The number of carbonyl (C=O) groups is 2. The van der Waals surface area contributed by atoms with Gasteiger partial charge in [0.1, 0.15) is 16.9 Å². The van der Waals surface area contributed by atoms with Crippen LogP contribution in [0.2, 0.25) is 0 Å². The summed E-state index contributed by atoms with van der Waals surface area (Å²) in [5.74, 6) is -1.15.